The van der Waals surface area contributed by atoms with Crippen molar-refractivity contribution in [3.05, 3.63) is 12.4 Å². The summed E-state index contributed by atoms with van der Waals surface area (Å²) in [5, 5.41) is 3.60. The number of hydrogen-bond donors (Lipinski definition) is 0. The lowest BCUT2D eigenvalue weighted by atomic mass is 10.7. The maximum absolute atomic E-state index is 12.2. The lowest BCUT2D eigenvalue weighted by Crippen LogP contribution is -1.93. The predicted molar refractivity (Wildman–Crippen MR) is 36.2 cm³/mol. The van der Waals surface area contributed by atoms with Crippen LogP contribution < -0.4 is 0 Å². The van der Waals surface area contributed by atoms with Crippen molar-refractivity contribution in [3.8, 4) is 0 Å². The van der Waals surface area contributed by atoms with Gasteiger partial charge >= 0.3 is 10.2 Å². The van der Waals surface area contributed by atoms with Crippen molar-refractivity contribution in [3.63, 3.8) is 0 Å². The largest absolute Gasteiger partial charge is 0.335 e. The Bertz CT molecular complexity index is 343. The van der Waals surface area contributed by atoms with Crippen LogP contribution in [0, 0.1) is 0 Å². The lowest BCUT2D eigenvalue weighted by Gasteiger charge is -1.89. The quantitative estimate of drug-likeness (QED) is 0.622. The highest BCUT2D eigenvalue weighted by Gasteiger charge is 2.13. The zero-order chi connectivity index (χ0) is 8.48. The minimum atomic E-state index is -4.58. The average molecular weight is 178 g/mol. The van der Waals surface area contributed by atoms with Crippen LogP contribution in [0.15, 0.2) is 17.3 Å². The summed E-state index contributed by atoms with van der Waals surface area (Å²) in [6.45, 7) is 2.30. The van der Waals surface area contributed by atoms with Crippen LogP contribution in [0.25, 0.3) is 0 Å². The van der Waals surface area contributed by atoms with Crippen LogP contribution in [0.5, 0.6) is 0 Å². The third kappa shape index (κ3) is 1.76. The Labute approximate surface area is 63.9 Å². The van der Waals surface area contributed by atoms with Gasteiger partial charge in [0, 0.05) is 12.7 Å². The van der Waals surface area contributed by atoms with Crippen molar-refractivity contribution in [1.82, 2.24) is 9.78 Å². The van der Waals surface area contributed by atoms with Crippen molar-refractivity contribution < 1.29 is 12.3 Å². The zero-order valence-corrected chi connectivity index (χ0v) is 6.68. The fraction of sp³-hybridized carbons (Fsp3) is 0.400. The number of aryl methyl sites for hydroxylation is 1. The molecule has 0 saturated heterocycles. The van der Waals surface area contributed by atoms with E-state index in [1.54, 1.807) is 6.92 Å². The molecule has 0 aliphatic rings. The summed E-state index contributed by atoms with van der Waals surface area (Å²) in [6.07, 6.45) is 2.13. The van der Waals surface area contributed by atoms with Gasteiger partial charge in [0.15, 0.2) is 0 Å². The van der Waals surface area contributed by atoms with E-state index >= 15 is 0 Å². The van der Waals surface area contributed by atoms with Gasteiger partial charge in [-0.1, -0.05) is 0 Å². The Morgan fingerprint density at radius 2 is 2.36 bits per heavy atom. The minimum absolute atomic E-state index is 0.389. The summed E-state index contributed by atoms with van der Waals surface area (Å²) in [5.41, 5.74) is 0. The first-order valence-electron chi connectivity index (χ1n) is 3.01. The highest BCUT2D eigenvalue weighted by molar-refractivity contribution is 7.86. The van der Waals surface area contributed by atoms with E-state index in [1.807, 2.05) is 0 Å². The first-order valence-corrected chi connectivity index (χ1v) is 4.39. The van der Waals surface area contributed by atoms with Crippen LogP contribution in [0.3, 0.4) is 0 Å². The highest BCUT2D eigenvalue weighted by Crippen LogP contribution is 2.09. The Kier molecular flexibility index (Phi) is 1.95. The zero-order valence-electron chi connectivity index (χ0n) is 5.86. The van der Waals surface area contributed by atoms with Gasteiger partial charge in [0.25, 0.3) is 0 Å². The number of hydrogen-bond acceptors (Lipinski definition) is 3. The van der Waals surface area contributed by atoms with Crippen LogP contribution >= 0.6 is 0 Å². The van der Waals surface area contributed by atoms with Crippen molar-refractivity contribution >= 4 is 10.2 Å². The maximum atomic E-state index is 12.2. The van der Waals surface area contributed by atoms with Crippen molar-refractivity contribution in [2.45, 2.75) is 18.4 Å². The van der Waals surface area contributed by atoms with Gasteiger partial charge in [-0.2, -0.15) is 13.5 Å². The third-order valence-electron chi connectivity index (χ3n) is 1.22. The second kappa shape index (κ2) is 2.61. The van der Waals surface area contributed by atoms with Gasteiger partial charge in [-0.15, -0.1) is 3.89 Å². The molecule has 1 aromatic heterocycles. The van der Waals surface area contributed by atoms with Crippen LogP contribution in [0.2, 0.25) is 0 Å². The van der Waals surface area contributed by atoms with E-state index < -0.39 is 10.2 Å². The third-order valence-corrected chi connectivity index (χ3v) is 1.99. The molecule has 0 unspecified atom stereocenters. The number of halogens is 1. The van der Waals surface area contributed by atoms with Gasteiger partial charge in [-0.3, -0.25) is 4.68 Å². The molecule has 1 aromatic rings. The fourth-order valence-electron chi connectivity index (χ4n) is 0.643. The van der Waals surface area contributed by atoms with Gasteiger partial charge in [-0.25, -0.2) is 0 Å². The van der Waals surface area contributed by atoms with E-state index in [9.17, 15) is 12.3 Å². The molecule has 6 heteroatoms. The molecule has 0 amide bonds. The van der Waals surface area contributed by atoms with E-state index in [0.29, 0.717) is 6.54 Å². The molecule has 0 saturated carbocycles. The van der Waals surface area contributed by atoms with Gasteiger partial charge in [0.1, 0.15) is 4.90 Å². The van der Waals surface area contributed by atoms with E-state index in [4.69, 9.17) is 0 Å². The van der Waals surface area contributed by atoms with E-state index in [0.717, 1.165) is 12.4 Å². The van der Waals surface area contributed by atoms with Crippen LogP contribution in [-0.2, 0) is 16.8 Å². The SMILES string of the molecule is CCn1cc(S(=O)(=O)F)cn1. The molecular formula is C5H7FN2O2S. The van der Waals surface area contributed by atoms with E-state index in [-0.39, 0.29) is 4.90 Å². The van der Waals surface area contributed by atoms with Gasteiger partial charge in [-0.05, 0) is 6.92 Å². The molecule has 0 fully saturated rings. The summed E-state index contributed by atoms with van der Waals surface area (Å²) < 4.78 is 34.0. The Hall–Kier alpha value is -0.910. The molecule has 11 heavy (non-hydrogen) atoms. The summed E-state index contributed by atoms with van der Waals surface area (Å²) in [5.74, 6) is 0. The number of rotatable bonds is 2. The molecule has 1 heterocycles. The first-order chi connectivity index (χ1) is 5.04. The van der Waals surface area contributed by atoms with Gasteiger partial charge < -0.3 is 0 Å². The molecule has 0 aromatic carbocycles. The predicted octanol–water partition coefficient (Wildman–Crippen LogP) is 0.561. The molecular weight excluding hydrogens is 171 g/mol. The summed E-state index contributed by atoms with van der Waals surface area (Å²) >= 11 is 0. The molecule has 0 aliphatic carbocycles. The summed E-state index contributed by atoms with van der Waals surface area (Å²) in [4.78, 5) is -0.389. The summed E-state index contributed by atoms with van der Waals surface area (Å²) in [6, 6.07) is 0. The van der Waals surface area contributed by atoms with Crippen LogP contribution in [-0.4, -0.2) is 18.2 Å². The fourth-order valence-corrected chi connectivity index (χ4v) is 1.06. The van der Waals surface area contributed by atoms with E-state index in [2.05, 4.69) is 5.10 Å². The minimum Gasteiger partial charge on any atom is -0.272 e. The molecule has 0 atom stereocenters. The Balaban J connectivity index is 3.09. The maximum Gasteiger partial charge on any atom is 0.335 e. The lowest BCUT2D eigenvalue weighted by molar-refractivity contribution is 0.551. The van der Waals surface area contributed by atoms with E-state index in [1.165, 1.54) is 4.68 Å². The second-order valence-corrected chi connectivity index (χ2v) is 3.32. The molecule has 1 rings (SSSR count). The smallest absolute Gasteiger partial charge is 0.272 e. The van der Waals surface area contributed by atoms with Crippen LogP contribution in [0.1, 0.15) is 6.92 Å². The second-order valence-electron chi connectivity index (χ2n) is 1.97. The topological polar surface area (TPSA) is 52.0 Å². The molecule has 0 spiro atoms. The van der Waals surface area contributed by atoms with Gasteiger partial charge in [0.2, 0.25) is 0 Å². The standard InChI is InChI=1S/C5H7FN2O2S/c1-2-8-4-5(3-7-8)11(6,9)10/h3-4H,2H2,1H3. The van der Waals surface area contributed by atoms with Crippen molar-refractivity contribution in [2.24, 2.45) is 0 Å². The monoisotopic (exact) mass is 178 g/mol. The van der Waals surface area contributed by atoms with Gasteiger partial charge in [0.05, 0.1) is 6.20 Å². The molecule has 0 N–H and O–H groups in total. The number of nitrogens with zero attached hydrogens (tertiary/aromatic N) is 2. The molecule has 0 bridgehead atoms. The molecule has 62 valence electrons. The molecule has 4 nitrogen and oxygen atoms in total. The van der Waals surface area contributed by atoms with Crippen molar-refractivity contribution in [2.75, 3.05) is 0 Å². The highest BCUT2D eigenvalue weighted by atomic mass is 32.3. The molecule has 0 radical (unpaired) electrons. The summed E-state index contributed by atoms with van der Waals surface area (Å²) in [7, 11) is -4.58. The van der Waals surface area contributed by atoms with Crippen molar-refractivity contribution in [1.29, 1.82) is 0 Å². The Morgan fingerprint density at radius 3 is 2.64 bits per heavy atom. The molecule has 0 aliphatic heterocycles. The Morgan fingerprint density at radius 1 is 1.73 bits per heavy atom. The van der Waals surface area contributed by atoms with Crippen LogP contribution in [0.4, 0.5) is 3.89 Å². The first kappa shape index (κ1) is 8.19. The number of aromatic nitrogens is 2. The normalized spacial score (nSPS) is 11.8. The average Bonchev–Trinajstić information content (AvgIpc) is 2.32.